The van der Waals surface area contributed by atoms with Crippen molar-refractivity contribution in [3.63, 3.8) is 0 Å². The summed E-state index contributed by atoms with van der Waals surface area (Å²) >= 11 is 13.5. The number of carbonyl (C=O) groups excluding carboxylic acids is 1. The van der Waals surface area contributed by atoms with Crippen molar-refractivity contribution in [3.8, 4) is 6.07 Å². The molecule has 1 heterocycles. The first-order valence-electron chi connectivity index (χ1n) is 7.84. The normalized spacial score (nSPS) is 16.3. The topological polar surface area (TPSA) is 52.9 Å². The number of carbonyl (C=O) groups is 1. The molecule has 1 aromatic heterocycles. The van der Waals surface area contributed by atoms with Crippen LogP contribution in [0.15, 0.2) is 18.2 Å². The van der Waals surface area contributed by atoms with Crippen LogP contribution in [0.3, 0.4) is 0 Å². The average Bonchev–Trinajstić information content (AvgIpc) is 2.90. The molecule has 1 N–H and O–H groups in total. The zero-order valence-corrected chi connectivity index (χ0v) is 15.5. The number of benzene rings is 1. The van der Waals surface area contributed by atoms with Gasteiger partial charge in [-0.25, -0.2) is 0 Å². The minimum atomic E-state index is -0.321. The van der Waals surface area contributed by atoms with Gasteiger partial charge in [0.25, 0.3) is 5.91 Å². The summed E-state index contributed by atoms with van der Waals surface area (Å²) in [4.78, 5) is 13.7. The van der Waals surface area contributed by atoms with E-state index in [0.29, 0.717) is 32.1 Å². The lowest BCUT2D eigenvalue weighted by atomic mass is 9.86. The van der Waals surface area contributed by atoms with E-state index in [1.54, 1.807) is 12.1 Å². The van der Waals surface area contributed by atoms with Gasteiger partial charge in [0.1, 0.15) is 11.1 Å². The molecular formula is C18H16Cl2N2OS. The van der Waals surface area contributed by atoms with Gasteiger partial charge in [-0.15, -0.1) is 11.3 Å². The molecule has 3 nitrogen and oxygen atoms in total. The summed E-state index contributed by atoms with van der Waals surface area (Å²) in [6.45, 7) is 2.19. The van der Waals surface area contributed by atoms with E-state index in [1.165, 1.54) is 22.3 Å². The highest BCUT2D eigenvalue weighted by atomic mass is 35.5. The molecular weight excluding hydrogens is 363 g/mol. The van der Waals surface area contributed by atoms with E-state index in [4.69, 9.17) is 23.2 Å². The zero-order chi connectivity index (χ0) is 17.3. The Morgan fingerprint density at radius 1 is 1.46 bits per heavy atom. The lowest BCUT2D eigenvalue weighted by Crippen LogP contribution is -2.13. The Morgan fingerprint density at radius 2 is 2.25 bits per heavy atom. The molecule has 0 bridgehead atoms. The number of nitriles is 1. The van der Waals surface area contributed by atoms with E-state index in [0.717, 1.165) is 31.2 Å². The third-order valence-electron chi connectivity index (χ3n) is 4.46. The highest BCUT2D eigenvalue weighted by molar-refractivity contribution is 7.16. The molecule has 2 aromatic rings. The second-order valence-corrected chi connectivity index (χ2v) is 7.86. The second-order valence-electron chi connectivity index (χ2n) is 5.92. The Morgan fingerprint density at radius 3 is 2.92 bits per heavy atom. The number of halogens is 2. The van der Waals surface area contributed by atoms with Crippen molar-refractivity contribution in [1.82, 2.24) is 0 Å². The maximum atomic E-state index is 12.5. The van der Waals surface area contributed by atoms with Crippen LogP contribution in [0.1, 0.15) is 46.1 Å². The van der Waals surface area contributed by atoms with Crippen LogP contribution in [0.2, 0.25) is 10.0 Å². The van der Waals surface area contributed by atoms with Gasteiger partial charge in [-0.1, -0.05) is 36.5 Å². The van der Waals surface area contributed by atoms with Crippen molar-refractivity contribution in [2.45, 2.75) is 32.6 Å². The quantitative estimate of drug-likeness (QED) is 0.744. The highest BCUT2D eigenvalue weighted by Gasteiger charge is 2.26. The van der Waals surface area contributed by atoms with Crippen LogP contribution in [0.5, 0.6) is 0 Å². The highest BCUT2D eigenvalue weighted by Crippen LogP contribution is 2.40. The minimum Gasteiger partial charge on any atom is -0.312 e. The first-order valence-corrected chi connectivity index (χ1v) is 9.41. The summed E-state index contributed by atoms with van der Waals surface area (Å²) in [6.07, 6.45) is 4.14. The SMILES string of the molecule is CCC1CCc2c(sc(NC(=O)c3ccc(Cl)cc3Cl)c2C#N)C1. The molecule has 1 atom stereocenters. The molecule has 0 radical (unpaired) electrons. The number of nitrogens with one attached hydrogen (secondary N) is 1. The molecule has 0 saturated carbocycles. The van der Waals surface area contributed by atoms with Gasteiger partial charge in [0.2, 0.25) is 0 Å². The average molecular weight is 379 g/mol. The van der Waals surface area contributed by atoms with E-state index in [2.05, 4.69) is 18.3 Å². The molecule has 124 valence electrons. The largest absolute Gasteiger partial charge is 0.312 e. The van der Waals surface area contributed by atoms with Gasteiger partial charge < -0.3 is 5.32 Å². The monoisotopic (exact) mass is 378 g/mol. The maximum Gasteiger partial charge on any atom is 0.257 e. The Hall–Kier alpha value is -1.54. The van der Waals surface area contributed by atoms with E-state index >= 15 is 0 Å². The molecule has 1 aliphatic rings. The van der Waals surface area contributed by atoms with Crippen LogP contribution in [0.4, 0.5) is 5.00 Å². The number of thiophene rings is 1. The molecule has 0 spiro atoms. The third-order valence-corrected chi connectivity index (χ3v) is 6.18. The van der Waals surface area contributed by atoms with Crippen LogP contribution in [-0.2, 0) is 12.8 Å². The van der Waals surface area contributed by atoms with Gasteiger partial charge in [0.15, 0.2) is 0 Å². The Kier molecular flexibility index (Phi) is 5.15. The molecule has 1 aliphatic carbocycles. The summed E-state index contributed by atoms with van der Waals surface area (Å²) in [6, 6.07) is 7.01. The van der Waals surface area contributed by atoms with Gasteiger partial charge in [0, 0.05) is 9.90 Å². The van der Waals surface area contributed by atoms with Gasteiger partial charge >= 0.3 is 0 Å². The van der Waals surface area contributed by atoms with Crippen LogP contribution >= 0.6 is 34.5 Å². The first-order chi connectivity index (χ1) is 11.5. The van der Waals surface area contributed by atoms with E-state index in [-0.39, 0.29) is 5.91 Å². The number of anilines is 1. The van der Waals surface area contributed by atoms with Crippen molar-refractivity contribution < 1.29 is 4.79 Å². The Bertz CT molecular complexity index is 838. The lowest BCUT2D eigenvalue weighted by molar-refractivity contribution is 0.102. The summed E-state index contributed by atoms with van der Waals surface area (Å²) in [7, 11) is 0. The van der Waals surface area contributed by atoms with Crippen molar-refractivity contribution in [1.29, 1.82) is 5.26 Å². The fraction of sp³-hybridized carbons (Fsp3) is 0.333. The summed E-state index contributed by atoms with van der Waals surface area (Å²) < 4.78 is 0. The Balaban J connectivity index is 1.89. The van der Waals surface area contributed by atoms with Crippen LogP contribution in [0.25, 0.3) is 0 Å². The van der Waals surface area contributed by atoms with Gasteiger partial charge in [-0.05, 0) is 48.9 Å². The van der Waals surface area contributed by atoms with Gasteiger partial charge in [-0.2, -0.15) is 5.26 Å². The molecule has 1 unspecified atom stereocenters. The number of nitrogens with zero attached hydrogens (tertiary/aromatic N) is 1. The molecule has 0 aliphatic heterocycles. The zero-order valence-electron chi connectivity index (χ0n) is 13.2. The van der Waals surface area contributed by atoms with Crippen LogP contribution < -0.4 is 5.32 Å². The summed E-state index contributed by atoms with van der Waals surface area (Å²) in [5.74, 6) is 0.343. The molecule has 0 fully saturated rings. The summed E-state index contributed by atoms with van der Waals surface area (Å²) in [5.41, 5.74) is 2.05. The third kappa shape index (κ3) is 3.30. The standard InChI is InChI=1S/C18H16Cl2N2OS/c1-2-10-3-5-12-14(9-21)18(24-16(12)7-10)22-17(23)13-6-4-11(19)8-15(13)20/h4,6,8,10H,2-3,5,7H2,1H3,(H,22,23). The van der Waals surface area contributed by atoms with Crippen molar-refractivity contribution in [2.75, 3.05) is 5.32 Å². The van der Waals surface area contributed by atoms with Crippen molar-refractivity contribution in [3.05, 3.63) is 49.8 Å². The number of fused-ring (bicyclic) bond motifs is 1. The number of hydrogen-bond acceptors (Lipinski definition) is 3. The number of amides is 1. The van der Waals surface area contributed by atoms with Gasteiger partial charge in [-0.3, -0.25) is 4.79 Å². The van der Waals surface area contributed by atoms with E-state index in [1.807, 2.05) is 0 Å². The lowest BCUT2D eigenvalue weighted by Gasteiger charge is -2.20. The van der Waals surface area contributed by atoms with Gasteiger partial charge in [0.05, 0.1) is 16.1 Å². The van der Waals surface area contributed by atoms with E-state index < -0.39 is 0 Å². The van der Waals surface area contributed by atoms with E-state index in [9.17, 15) is 10.1 Å². The molecule has 3 rings (SSSR count). The van der Waals surface area contributed by atoms with Crippen LogP contribution in [-0.4, -0.2) is 5.91 Å². The van der Waals surface area contributed by atoms with Crippen molar-refractivity contribution in [2.24, 2.45) is 5.92 Å². The number of hydrogen-bond donors (Lipinski definition) is 1. The predicted molar refractivity (Wildman–Crippen MR) is 99.3 cm³/mol. The minimum absolute atomic E-state index is 0.297. The van der Waals surface area contributed by atoms with Crippen molar-refractivity contribution >= 4 is 45.4 Å². The fourth-order valence-electron chi connectivity index (χ4n) is 3.05. The smallest absolute Gasteiger partial charge is 0.257 e. The molecule has 1 aromatic carbocycles. The second kappa shape index (κ2) is 7.14. The maximum absolute atomic E-state index is 12.5. The molecule has 6 heteroatoms. The molecule has 24 heavy (non-hydrogen) atoms. The fourth-order valence-corrected chi connectivity index (χ4v) is 4.85. The molecule has 0 saturated heterocycles. The summed E-state index contributed by atoms with van der Waals surface area (Å²) in [5, 5.41) is 13.8. The Labute approximate surface area is 155 Å². The molecule has 1 amide bonds. The predicted octanol–water partition coefficient (Wildman–Crippen LogP) is 5.69. The van der Waals surface area contributed by atoms with Crippen LogP contribution in [0, 0.1) is 17.2 Å². The first kappa shape index (κ1) is 17.3. The number of rotatable bonds is 3.